The average Bonchev–Trinajstić information content (AvgIpc) is 2.88. The van der Waals surface area contributed by atoms with Gasteiger partial charge in [-0.3, -0.25) is 0 Å². The van der Waals surface area contributed by atoms with Crippen LogP contribution in [0.4, 0.5) is 0 Å². The Hall–Kier alpha value is -0.340. The Kier molecular flexibility index (Phi) is 2.80. The lowest BCUT2D eigenvalue weighted by Crippen LogP contribution is -2.36. The molecule has 86 valence electrons. The molecule has 0 atom stereocenters. The van der Waals surface area contributed by atoms with Crippen LogP contribution in [0.2, 0.25) is 0 Å². The summed E-state index contributed by atoms with van der Waals surface area (Å²) in [7, 11) is 0. The minimum Gasteiger partial charge on any atom is -0.305 e. The summed E-state index contributed by atoms with van der Waals surface area (Å²) in [5.74, 6) is 0. The van der Waals surface area contributed by atoms with Crippen LogP contribution < -0.4 is 5.32 Å². The van der Waals surface area contributed by atoms with Crippen molar-refractivity contribution >= 4 is 15.9 Å². The molecule has 0 aromatic heterocycles. The molecule has 1 aromatic carbocycles. The van der Waals surface area contributed by atoms with E-state index < -0.39 is 0 Å². The molecule has 2 aliphatic carbocycles. The minimum absolute atomic E-state index is 0.329. The standard InChI is InChI=1S/C14H18BrN/c15-12-7-5-11(6-8-12)14(9-10-14)16-13-3-1-2-4-13/h5-8,13,16H,1-4,9-10H2. The zero-order chi connectivity index (χ0) is 11.0. The van der Waals surface area contributed by atoms with Gasteiger partial charge in [-0.1, -0.05) is 40.9 Å². The lowest BCUT2D eigenvalue weighted by molar-refractivity contribution is 0.424. The first kappa shape index (κ1) is 10.8. The highest BCUT2D eigenvalue weighted by Crippen LogP contribution is 2.47. The van der Waals surface area contributed by atoms with Crippen LogP contribution in [0.15, 0.2) is 28.7 Å². The molecule has 2 fully saturated rings. The van der Waals surface area contributed by atoms with Crippen molar-refractivity contribution in [2.45, 2.75) is 50.1 Å². The van der Waals surface area contributed by atoms with Gasteiger partial charge in [0.15, 0.2) is 0 Å². The Morgan fingerprint density at radius 2 is 1.69 bits per heavy atom. The topological polar surface area (TPSA) is 12.0 Å². The second-order valence-corrected chi connectivity index (χ2v) is 6.13. The highest BCUT2D eigenvalue weighted by molar-refractivity contribution is 9.10. The molecule has 2 saturated carbocycles. The molecule has 2 heteroatoms. The Morgan fingerprint density at radius 1 is 1.06 bits per heavy atom. The van der Waals surface area contributed by atoms with Gasteiger partial charge in [-0.25, -0.2) is 0 Å². The zero-order valence-corrected chi connectivity index (χ0v) is 11.1. The van der Waals surface area contributed by atoms with Gasteiger partial charge in [0.1, 0.15) is 0 Å². The van der Waals surface area contributed by atoms with Crippen molar-refractivity contribution < 1.29 is 0 Å². The van der Waals surface area contributed by atoms with E-state index in [0.717, 1.165) is 6.04 Å². The van der Waals surface area contributed by atoms with Gasteiger partial charge in [0, 0.05) is 16.1 Å². The Labute approximate surface area is 106 Å². The molecular formula is C14H18BrN. The van der Waals surface area contributed by atoms with Gasteiger partial charge in [0.2, 0.25) is 0 Å². The molecule has 1 nitrogen and oxygen atoms in total. The smallest absolute Gasteiger partial charge is 0.0438 e. The summed E-state index contributed by atoms with van der Waals surface area (Å²) in [5, 5.41) is 3.89. The van der Waals surface area contributed by atoms with E-state index in [1.807, 2.05) is 0 Å². The van der Waals surface area contributed by atoms with E-state index >= 15 is 0 Å². The Morgan fingerprint density at radius 3 is 2.25 bits per heavy atom. The summed E-state index contributed by atoms with van der Waals surface area (Å²) in [4.78, 5) is 0. The van der Waals surface area contributed by atoms with Gasteiger partial charge >= 0.3 is 0 Å². The largest absolute Gasteiger partial charge is 0.305 e. The molecule has 0 aliphatic heterocycles. The van der Waals surface area contributed by atoms with E-state index in [2.05, 4.69) is 45.5 Å². The van der Waals surface area contributed by atoms with Crippen LogP contribution in [0.3, 0.4) is 0 Å². The van der Waals surface area contributed by atoms with E-state index in [-0.39, 0.29) is 0 Å². The highest BCUT2D eigenvalue weighted by atomic mass is 79.9. The van der Waals surface area contributed by atoms with E-state index in [0.29, 0.717) is 5.54 Å². The third-order valence-corrected chi connectivity index (χ3v) is 4.51. The van der Waals surface area contributed by atoms with Gasteiger partial charge in [-0.05, 0) is 43.4 Å². The average molecular weight is 280 g/mol. The molecule has 1 aromatic rings. The fourth-order valence-electron chi connectivity index (χ4n) is 2.87. The lowest BCUT2D eigenvalue weighted by Gasteiger charge is -2.23. The van der Waals surface area contributed by atoms with Crippen LogP contribution in [-0.4, -0.2) is 6.04 Å². The molecule has 0 bridgehead atoms. The summed E-state index contributed by atoms with van der Waals surface area (Å²) in [6.45, 7) is 0. The van der Waals surface area contributed by atoms with Crippen molar-refractivity contribution in [1.29, 1.82) is 0 Å². The van der Waals surface area contributed by atoms with Gasteiger partial charge in [-0.2, -0.15) is 0 Å². The number of hydrogen-bond donors (Lipinski definition) is 1. The molecule has 2 aliphatic rings. The number of rotatable bonds is 3. The number of benzene rings is 1. The van der Waals surface area contributed by atoms with Crippen LogP contribution in [0, 0.1) is 0 Å². The maximum atomic E-state index is 3.89. The predicted octanol–water partition coefficient (Wildman–Crippen LogP) is 3.97. The first-order chi connectivity index (χ1) is 7.78. The van der Waals surface area contributed by atoms with Crippen molar-refractivity contribution in [2.75, 3.05) is 0 Å². The maximum Gasteiger partial charge on any atom is 0.0438 e. The van der Waals surface area contributed by atoms with E-state index in [1.165, 1.54) is 48.6 Å². The van der Waals surface area contributed by atoms with E-state index in [4.69, 9.17) is 0 Å². The number of nitrogens with one attached hydrogen (secondary N) is 1. The third-order valence-electron chi connectivity index (χ3n) is 3.98. The van der Waals surface area contributed by atoms with E-state index in [1.54, 1.807) is 0 Å². The van der Waals surface area contributed by atoms with Crippen molar-refractivity contribution in [1.82, 2.24) is 5.32 Å². The molecule has 0 amide bonds. The molecule has 1 N–H and O–H groups in total. The SMILES string of the molecule is Brc1ccc(C2(NC3CCCC3)CC2)cc1. The fourth-order valence-corrected chi connectivity index (χ4v) is 3.14. The molecule has 0 unspecified atom stereocenters. The highest BCUT2D eigenvalue weighted by Gasteiger charge is 2.45. The van der Waals surface area contributed by atoms with Gasteiger partial charge < -0.3 is 5.32 Å². The summed E-state index contributed by atoms with van der Waals surface area (Å²) in [6, 6.07) is 9.61. The second-order valence-electron chi connectivity index (χ2n) is 5.21. The molecule has 0 saturated heterocycles. The molecular weight excluding hydrogens is 262 g/mol. The van der Waals surface area contributed by atoms with Crippen LogP contribution in [0.1, 0.15) is 44.1 Å². The van der Waals surface area contributed by atoms with Gasteiger partial charge in [0.05, 0.1) is 0 Å². The molecule has 16 heavy (non-hydrogen) atoms. The Bertz CT molecular complexity index is 361. The number of halogens is 1. The normalized spacial score (nSPS) is 23.6. The summed E-state index contributed by atoms with van der Waals surface area (Å²) >= 11 is 3.50. The van der Waals surface area contributed by atoms with E-state index in [9.17, 15) is 0 Å². The van der Waals surface area contributed by atoms with Crippen LogP contribution in [0.5, 0.6) is 0 Å². The summed E-state index contributed by atoms with van der Waals surface area (Å²) in [6.07, 6.45) is 8.19. The molecule has 0 radical (unpaired) electrons. The maximum absolute atomic E-state index is 3.89. The fraction of sp³-hybridized carbons (Fsp3) is 0.571. The van der Waals surface area contributed by atoms with Crippen molar-refractivity contribution in [3.8, 4) is 0 Å². The van der Waals surface area contributed by atoms with Gasteiger partial charge in [-0.15, -0.1) is 0 Å². The summed E-state index contributed by atoms with van der Waals surface area (Å²) in [5.41, 5.74) is 1.80. The van der Waals surface area contributed by atoms with Crippen molar-refractivity contribution in [2.24, 2.45) is 0 Å². The molecule has 0 spiro atoms. The first-order valence-electron chi connectivity index (χ1n) is 6.32. The monoisotopic (exact) mass is 279 g/mol. The lowest BCUT2D eigenvalue weighted by atomic mass is 10.0. The minimum atomic E-state index is 0.329. The second kappa shape index (κ2) is 4.15. The third kappa shape index (κ3) is 2.05. The quantitative estimate of drug-likeness (QED) is 0.883. The van der Waals surface area contributed by atoms with Crippen LogP contribution in [0.25, 0.3) is 0 Å². The molecule has 0 heterocycles. The zero-order valence-electron chi connectivity index (χ0n) is 9.51. The Balaban J connectivity index is 1.74. The first-order valence-corrected chi connectivity index (χ1v) is 7.12. The molecule has 3 rings (SSSR count). The number of hydrogen-bond acceptors (Lipinski definition) is 1. The predicted molar refractivity (Wildman–Crippen MR) is 70.4 cm³/mol. The summed E-state index contributed by atoms with van der Waals surface area (Å²) < 4.78 is 1.17. The van der Waals surface area contributed by atoms with Gasteiger partial charge in [0.25, 0.3) is 0 Å². The van der Waals surface area contributed by atoms with Crippen molar-refractivity contribution in [3.05, 3.63) is 34.3 Å². The van der Waals surface area contributed by atoms with Crippen LogP contribution in [-0.2, 0) is 5.54 Å². The van der Waals surface area contributed by atoms with Crippen LogP contribution >= 0.6 is 15.9 Å². The van der Waals surface area contributed by atoms with Crippen molar-refractivity contribution in [3.63, 3.8) is 0 Å².